The van der Waals surface area contributed by atoms with Gasteiger partial charge in [0.1, 0.15) is 0 Å². The molecule has 3 heterocycles. The van der Waals surface area contributed by atoms with Crippen LogP contribution in [0.2, 0.25) is 0 Å². The zero-order chi connectivity index (χ0) is 18.5. The van der Waals surface area contributed by atoms with Crippen LogP contribution in [0.15, 0.2) is 48.9 Å². The molecule has 2 amide bonds. The summed E-state index contributed by atoms with van der Waals surface area (Å²) in [6.07, 6.45) is 5.34. The molecule has 3 aromatic rings. The monoisotopic (exact) mass is 366 g/mol. The summed E-state index contributed by atoms with van der Waals surface area (Å²) < 4.78 is 5.46. The normalized spacial score (nSPS) is 16.1. The van der Waals surface area contributed by atoms with E-state index >= 15 is 0 Å². The molecule has 0 unspecified atom stereocenters. The van der Waals surface area contributed by atoms with E-state index in [0.717, 1.165) is 29.6 Å². The Balaban J connectivity index is 1.44. The number of benzene rings is 1. The van der Waals surface area contributed by atoms with Gasteiger partial charge < -0.3 is 15.4 Å². The van der Waals surface area contributed by atoms with Gasteiger partial charge in [-0.1, -0.05) is 18.2 Å². The number of urea groups is 1. The van der Waals surface area contributed by atoms with Gasteiger partial charge in [-0.3, -0.25) is 15.0 Å². The summed E-state index contributed by atoms with van der Waals surface area (Å²) in [6, 6.07) is 9.44. The Labute approximate surface area is 156 Å². The minimum Gasteiger partial charge on any atom is -0.379 e. The number of carbonyl (C=O) groups is 1. The second kappa shape index (κ2) is 8.15. The first-order valence-corrected chi connectivity index (χ1v) is 9.00. The fourth-order valence-electron chi connectivity index (χ4n) is 3.35. The van der Waals surface area contributed by atoms with Crippen LogP contribution in [0.5, 0.6) is 0 Å². The van der Waals surface area contributed by atoms with Gasteiger partial charge >= 0.3 is 6.03 Å². The van der Waals surface area contributed by atoms with Gasteiger partial charge in [-0.15, -0.1) is 0 Å². The molecule has 1 aliphatic rings. The molecule has 0 aliphatic carbocycles. The quantitative estimate of drug-likeness (QED) is 0.643. The molecule has 0 bridgehead atoms. The molecule has 140 valence electrons. The van der Waals surface area contributed by atoms with Crippen LogP contribution in [-0.4, -0.2) is 59.0 Å². The first-order valence-electron chi connectivity index (χ1n) is 9.00. The van der Waals surface area contributed by atoms with Crippen molar-refractivity contribution in [1.29, 1.82) is 0 Å². The highest BCUT2D eigenvalue weighted by Gasteiger charge is 2.23. The lowest BCUT2D eigenvalue weighted by molar-refractivity contribution is 0.0167. The maximum absolute atomic E-state index is 12.5. The van der Waals surface area contributed by atoms with E-state index in [0.29, 0.717) is 25.4 Å². The van der Waals surface area contributed by atoms with Gasteiger partial charge in [-0.05, 0) is 17.7 Å². The number of hydrogen-bond acceptors (Lipinski definition) is 5. The average Bonchev–Trinajstić information content (AvgIpc) is 3.20. The Morgan fingerprint density at radius 1 is 1.22 bits per heavy atom. The maximum Gasteiger partial charge on any atom is 0.319 e. The van der Waals surface area contributed by atoms with Crippen molar-refractivity contribution in [1.82, 2.24) is 25.4 Å². The Bertz CT molecular complexity index is 891. The fourth-order valence-corrected chi connectivity index (χ4v) is 3.35. The van der Waals surface area contributed by atoms with E-state index < -0.39 is 0 Å². The molecule has 8 heteroatoms. The number of hydrogen-bond donors (Lipinski definition) is 3. The third-order valence-electron chi connectivity index (χ3n) is 4.74. The maximum atomic E-state index is 12.5. The molecule has 0 saturated carbocycles. The second-order valence-corrected chi connectivity index (χ2v) is 6.43. The van der Waals surface area contributed by atoms with Gasteiger partial charge in [0.25, 0.3) is 0 Å². The molecule has 1 saturated heterocycles. The molecule has 2 aromatic heterocycles. The molecule has 0 spiro atoms. The number of aromatic nitrogens is 3. The lowest BCUT2D eigenvalue weighted by atomic mass is 10.1. The molecule has 27 heavy (non-hydrogen) atoms. The number of H-pyrrole nitrogens is 1. The number of pyridine rings is 1. The van der Waals surface area contributed by atoms with Crippen molar-refractivity contribution >= 4 is 22.6 Å². The Morgan fingerprint density at radius 3 is 2.93 bits per heavy atom. The van der Waals surface area contributed by atoms with E-state index in [1.54, 1.807) is 12.4 Å². The number of morpholine rings is 1. The highest BCUT2D eigenvalue weighted by Crippen LogP contribution is 2.22. The van der Waals surface area contributed by atoms with Crippen molar-refractivity contribution in [3.8, 4) is 0 Å². The van der Waals surface area contributed by atoms with Crippen LogP contribution in [0, 0.1) is 0 Å². The number of nitrogens with one attached hydrogen (secondary N) is 3. The number of anilines is 1. The molecule has 1 fully saturated rings. The summed E-state index contributed by atoms with van der Waals surface area (Å²) in [4.78, 5) is 19.0. The molecule has 1 atom stereocenters. The standard InChI is InChI=1S/C19H22N6O2/c26-19(23-16-5-1-3-15-12-22-24-18(15)16)21-13-17(14-4-2-6-20-11-14)25-7-9-27-10-8-25/h1-6,11-12,17H,7-10,13H2,(H,22,24)(H2,21,23,26)/t17-/m1/s1. The fraction of sp³-hybridized carbons (Fsp3) is 0.316. The van der Waals surface area contributed by atoms with Crippen LogP contribution in [0.4, 0.5) is 10.5 Å². The van der Waals surface area contributed by atoms with Crippen LogP contribution < -0.4 is 10.6 Å². The number of para-hydroxylation sites is 1. The number of fused-ring (bicyclic) bond motifs is 1. The third-order valence-corrected chi connectivity index (χ3v) is 4.74. The summed E-state index contributed by atoms with van der Waals surface area (Å²) in [6.45, 7) is 3.54. The SMILES string of the molecule is O=C(NC[C@H](c1cccnc1)N1CCOCC1)Nc1cccc2cn[nH]c12. The van der Waals surface area contributed by atoms with E-state index in [1.807, 2.05) is 36.5 Å². The predicted molar refractivity (Wildman–Crippen MR) is 102 cm³/mol. The number of carbonyl (C=O) groups excluding carboxylic acids is 1. The zero-order valence-corrected chi connectivity index (χ0v) is 14.9. The van der Waals surface area contributed by atoms with Crippen LogP contribution in [0.3, 0.4) is 0 Å². The van der Waals surface area contributed by atoms with Gasteiger partial charge in [0, 0.05) is 37.4 Å². The minimum absolute atomic E-state index is 0.0521. The molecule has 1 aromatic carbocycles. The lowest BCUT2D eigenvalue weighted by Crippen LogP contribution is -2.44. The van der Waals surface area contributed by atoms with Gasteiger partial charge in [-0.25, -0.2) is 4.79 Å². The molecule has 1 aliphatic heterocycles. The number of aromatic amines is 1. The molecule has 0 radical (unpaired) electrons. The van der Waals surface area contributed by atoms with Crippen LogP contribution in [-0.2, 0) is 4.74 Å². The van der Waals surface area contributed by atoms with Gasteiger partial charge in [-0.2, -0.15) is 5.10 Å². The van der Waals surface area contributed by atoms with Crippen molar-refractivity contribution in [2.45, 2.75) is 6.04 Å². The summed E-state index contributed by atoms with van der Waals surface area (Å²) >= 11 is 0. The Hall–Kier alpha value is -2.97. The van der Waals surface area contributed by atoms with Gasteiger partial charge in [0.2, 0.25) is 0 Å². The summed E-state index contributed by atoms with van der Waals surface area (Å²) in [7, 11) is 0. The third kappa shape index (κ3) is 4.07. The summed E-state index contributed by atoms with van der Waals surface area (Å²) in [5.41, 5.74) is 2.59. The summed E-state index contributed by atoms with van der Waals surface area (Å²) in [5, 5.41) is 13.8. The highest BCUT2D eigenvalue weighted by atomic mass is 16.5. The smallest absolute Gasteiger partial charge is 0.319 e. The first kappa shape index (κ1) is 17.4. The number of amides is 2. The topological polar surface area (TPSA) is 95.2 Å². The van der Waals surface area contributed by atoms with Crippen LogP contribution in [0.1, 0.15) is 11.6 Å². The lowest BCUT2D eigenvalue weighted by Gasteiger charge is -2.34. The van der Waals surface area contributed by atoms with Crippen LogP contribution >= 0.6 is 0 Å². The van der Waals surface area contributed by atoms with E-state index in [9.17, 15) is 4.79 Å². The van der Waals surface area contributed by atoms with Crippen molar-refractivity contribution in [3.05, 3.63) is 54.5 Å². The zero-order valence-electron chi connectivity index (χ0n) is 14.9. The van der Waals surface area contributed by atoms with Crippen molar-refractivity contribution in [3.63, 3.8) is 0 Å². The van der Waals surface area contributed by atoms with E-state index in [2.05, 4.69) is 30.7 Å². The van der Waals surface area contributed by atoms with Crippen molar-refractivity contribution in [2.75, 3.05) is 38.2 Å². The van der Waals surface area contributed by atoms with Crippen molar-refractivity contribution in [2.24, 2.45) is 0 Å². The largest absolute Gasteiger partial charge is 0.379 e. The predicted octanol–water partition coefficient (Wildman–Crippen LogP) is 2.15. The summed E-state index contributed by atoms with van der Waals surface area (Å²) in [5.74, 6) is 0. The Kier molecular flexibility index (Phi) is 5.27. The number of ether oxygens (including phenoxy) is 1. The molecular formula is C19H22N6O2. The van der Waals surface area contributed by atoms with E-state index in [4.69, 9.17) is 4.74 Å². The number of nitrogens with zero attached hydrogens (tertiary/aromatic N) is 3. The molecule has 8 nitrogen and oxygen atoms in total. The number of rotatable bonds is 5. The average molecular weight is 366 g/mol. The molecule has 4 rings (SSSR count). The van der Waals surface area contributed by atoms with E-state index in [-0.39, 0.29) is 12.1 Å². The first-order chi connectivity index (χ1) is 13.3. The molecule has 3 N–H and O–H groups in total. The molecular weight excluding hydrogens is 344 g/mol. The second-order valence-electron chi connectivity index (χ2n) is 6.43. The van der Waals surface area contributed by atoms with E-state index in [1.165, 1.54) is 0 Å². The van der Waals surface area contributed by atoms with Crippen molar-refractivity contribution < 1.29 is 9.53 Å². The van der Waals surface area contributed by atoms with Crippen LogP contribution in [0.25, 0.3) is 10.9 Å². The highest BCUT2D eigenvalue weighted by molar-refractivity contribution is 5.99. The van der Waals surface area contributed by atoms with Gasteiger partial charge in [0.05, 0.1) is 36.7 Å². The van der Waals surface area contributed by atoms with Gasteiger partial charge in [0.15, 0.2) is 0 Å². The Morgan fingerprint density at radius 2 is 2.11 bits per heavy atom. The minimum atomic E-state index is -0.251.